The van der Waals surface area contributed by atoms with Gasteiger partial charge in [0, 0.05) is 35.9 Å². The second kappa shape index (κ2) is 10.3. The molecule has 2 aromatic rings. The standard InChI is InChI=1S/C28H37N3O4S/c1-7-14-31(5)26(34)16(2)20-12-13-28(4)15-21-23(17(3)22(28)24(20)32)29-27(36-21)30-25(33)18-8-10-19(35-6)11-9-18/h7-11,16-17,20,22,24,32H,1,12-15H2,2-6H3,(H,29,30,33)/t16-,17-,20+,22+,24-,28+/m0/s1. The lowest BCUT2D eigenvalue weighted by Crippen LogP contribution is -2.53. The van der Waals surface area contributed by atoms with Gasteiger partial charge in [0.2, 0.25) is 5.91 Å². The molecule has 0 bridgehead atoms. The molecule has 4 rings (SSSR count). The highest BCUT2D eigenvalue weighted by molar-refractivity contribution is 7.15. The number of likely N-dealkylation sites (N-methyl/N-ethyl adjacent to an activating group) is 1. The summed E-state index contributed by atoms with van der Waals surface area (Å²) in [6, 6.07) is 6.97. The number of aliphatic hydroxyl groups excluding tert-OH is 1. The van der Waals surface area contributed by atoms with Gasteiger partial charge < -0.3 is 14.7 Å². The third-order valence-electron chi connectivity index (χ3n) is 8.31. The lowest BCUT2D eigenvalue weighted by Gasteiger charge is -2.53. The monoisotopic (exact) mass is 511 g/mol. The summed E-state index contributed by atoms with van der Waals surface area (Å²) in [7, 11) is 3.37. The summed E-state index contributed by atoms with van der Waals surface area (Å²) in [6.07, 6.45) is 3.69. The third-order valence-corrected chi connectivity index (χ3v) is 9.29. The maximum atomic E-state index is 13.0. The summed E-state index contributed by atoms with van der Waals surface area (Å²) in [5.74, 6) is 0.183. The van der Waals surface area contributed by atoms with Gasteiger partial charge in [0.1, 0.15) is 5.75 Å². The number of carbonyl (C=O) groups excluding carboxylic acids is 2. The summed E-state index contributed by atoms with van der Waals surface area (Å²) in [6.45, 7) is 10.5. The Morgan fingerprint density at radius 3 is 2.72 bits per heavy atom. The first kappa shape index (κ1) is 26.4. The Kier molecular flexibility index (Phi) is 7.57. The molecule has 0 saturated heterocycles. The average Bonchev–Trinajstić information content (AvgIpc) is 3.25. The topological polar surface area (TPSA) is 91.8 Å². The number of hydrogen-bond donors (Lipinski definition) is 2. The van der Waals surface area contributed by atoms with Crippen molar-refractivity contribution in [2.45, 2.75) is 52.1 Å². The zero-order valence-corrected chi connectivity index (χ0v) is 22.6. The van der Waals surface area contributed by atoms with Gasteiger partial charge in [0.15, 0.2) is 5.13 Å². The number of nitrogens with one attached hydrogen (secondary N) is 1. The number of ether oxygens (including phenoxy) is 1. The van der Waals surface area contributed by atoms with Crippen LogP contribution >= 0.6 is 11.3 Å². The average molecular weight is 512 g/mol. The number of thiazole rings is 1. The summed E-state index contributed by atoms with van der Waals surface area (Å²) >= 11 is 1.53. The van der Waals surface area contributed by atoms with Crippen LogP contribution in [0.1, 0.15) is 60.5 Å². The number of carbonyl (C=O) groups is 2. The van der Waals surface area contributed by atoms with Crippen molar-refractivity contribution in [1.29, 1.82) is 0 Å². The molecule has 1 aromatic carbocycles. The lowest BCUT2D eigenvalue weighted by molar-refractivity contribution is -0.143. The van der Waals surface area contributed by atoms with Crippen molar-refractivity contribution in [1.82, 2.24) is 9.88 Å². The maximum absolute atomic E-state index is 13.0. The van der Waals surface area contributed by atoms with Crippen molar-refractivity contribution in [3.05, 3.63) is 53.1 Å². The van der Waals surface area contributed by atoms with Gasteiger partial charge >= 0.3 is 0 Å². The molecule has 1 aromatic heterocycles. The smallest absolute Gasteiger partial charge is 0.257 e. The molecule has 36 heavy (non-hydrogen) atoms. The first-order valence-corrected chi connectivity index (χ1v) is 13.4. The molecule has 6 atom stereocenters. The highest BCUT2D eigenvalue weighted by Crippen LogP contribution is 2.57. The Labute approximate surface area is 217 Å². The van der Waals surface area contributed by atoms with Gasteiger partial charge in [0.05, 0.1) is 18.9 Å². The molecule has 1 heterocycles. The molecule has 2 aliphatic rings. The molecule has 1 fully saturated rings. The number of nitrogens with zero attached hydrogens (tertiary/aromatic N) is 2. The van der Waals surface area contributed by atoms with E-state index in [4.69, 9.17) is 9.72 Å². The molecule has 2 aliphatic carbocycles. The van der Waals surface area contributed by atoms with Gasteiger partial charge in [-0.15, -0.1) is 17.9 Å². The van der Waals surface area contributed by atoms with E-state index < -0.39 is 6.10 Å². The van der Waals surface area contributed by atoms with Crippen LogP contribution in [-0.2, 0) is 11.2 Å². The SMILES string of the molecule is C=CCN(C)C(=O)[C@@H](C)[C@H]1CC[C@]2(C)Cc3sc(NC(=O)c4ccc(OC)cc4)nc3[C@@H](C)[C@@H]2[C@H]1O. The largest absolute Gasteiger partial charge is 0.497 e. The third kappa shape index (κ3) is 4.81. The van der Waals surface area contributed by atoms with E-state index >= 15 is 0 Å². The van der Waals surface area contributed by atoms with Crippen LogP contribution in [0.2, 0.25) is 0 Å². The van der Waals surface area contributed by atoms with Gasteiger partial charge in [-0.3, -0.25) is 14.9 Å². The van der Waals surface area contributed by atoms with Crippen molar-refractivity contribution >= 4 is 28.3 Å². The van der Waals surface area contributed by atoms with Crippen molar-refractivity contribution in [2.75, 3.05) is 26.0 Å². The fraction of sp³-hybridized carbons (Fsp3) is 0.536. The minimum Gasteiger partial charge on any atom is -0.497 e. The second-order valence-electron chi connectivity index (χ2n) is 10.6. The van der Waals surface area contributed by atoms with Crippen LogP contribution in [0.15, 0.2) is 36.9 Å². The van der Waals surface area contributed by atoms with Gasteiger partial charge in [-0.05, 0) is 60.8 Å². The maximum Gasteiger partial charge on any atom is 0.257 e. The molecule has 194 valence electrons. The molecule has 0 unspecified atom stereocenters. The second-order valence-corrected chi connectivity index (χ2v) is 11.7. The molecular weight excluding hydrogens is 474 g/mol. The van der Waals surface area contributed by atoms with Gasteiger partial charge in [-0.2, -0.15) is 0 Å². The minimum absolute atomic E-state index is 0.00375. The highest BCUT2D eigenvalue weighted by atomic mass is 32.1. The minimum atomic E-state index is -0.595. The number of aliphatic hydroxyl groups is 1. The van der Waals surface area contributed by atoms with Crippen LogP contribution in [0.25, 0.3) is 0 Å². The predicted octanol–water partition coefficient (Wildman–Crippen LogP) is 4.74. The number of methoxy groups -OCH3 is 1. The predicted molar refractivity (Wildman–Crippen MR) is 143 cm³/mol. The van der Waals surface area contributed by atoms with Gasteiger partial charge in [-0.1, -0.05) is 26.8 Å². The summed E-state index contributed by atoms with van der Waals surface area (Å²) in [5, 5.41) is 15.1. The quantitative estimate of drug-likeness (QED) is 0.524. The van der Waals surface area contributed by atoms with E-state index in [0.717, 1.165) is 25.0 Å². The normalized spacial score (nSPS) is 27.8. The van der Waals surface area contributed by atoms with Crippen molar-refractivity contribution in [2.24, 2.45) is 23.2 Å². The molecule has 2 N–H and O–H groups in total. The van der Waals surface area contributed by atoms with Crippen LogP contribution < -0.4 is 10.1 Å². The number of anilines is 1. The Morgan fingerprint density at radius 2 is 2.08 bits per heavy atom. The van der Waals surface area contributed by atoms with Crippen LogP contribution in [0.5, 0.6) is 5.75 Å². The number of aromatic nitrogens is 1. The Morgan fingerprint density at radius 1 is 1.39 bits per heavy atom. The first-order chi connectivity index (χ1) is 17.1. The van der Waals surface area contributed by atoms with E-state index in [0.29, 0.717) is 23.0 Å². The molecular formula is C28H37N3O4S. The van der Waals surface area contributed by atoms with E-state index in [1.54, 1.807) is 49.4 Å². The van der Waals surface area contributed by atoms with Crippen LogP contribution in [-0.4, -0.2) is 53.6 Å². The number of amides is 2. The molecule has 1 saturated carbocycles. The summed E-state index contributed by atoms with van der Waals surface area (Å²) in [5.41, 5.74) is 1.41. The molecule has 0 spiro atoms. The molecule has 2 amide bonds. The summed E-state index contributed by atoms with van der Waals surface area (Å²) in [4.78, 5) is 33.4. The van der Waals surface area contributed by atoms with E-state index in [1.165, 1.54) is 16.2 Å². The number of fused-ring (bicyclic) bond motifs is 2. The van der Waals surface area contributed by atoms with Crippen molar-refractivity contribution < 1.29 is 19.4 Å². The Hall–Kier alpha value is -2.71. The lowest BCUT2D eigenvalue weighted by atomic mass is 9.53. The van der Waals surface area contributed by atoms with E-state index in [2.05, 4.69) is 25.7 Å². The zero-order chi connectivity index (χ0) is 26.2. The van der Waals surface area contributed by atoms with Gasteiger partial charge in [-0.25, -0.2) is 4.98 Å². The molecule has 8 heteroatoms. The Bertz CT molecular complexity index is 1130. The van der Waals surface area contributed by atoms with E-state index in [1.807, 2.05) is 6.92 Å². The van der Waals surface area contributed by atoms with E-state index in [-0.39, 0.29) is 40.9 Å². The fourth-order valence-electron chi connectivity index (χ4n) is 6.33. The molecule has 0 radical (unpaired) electrons. The highest BCUT2D eigenvalue weighted by Gasteiger charge is 2.54. The van der Waals surface area contributed by atoms with Crippen LogP contribution in [0.4, 0.5) is 5.13 Å². The fourth-order valence-corrected chi connectivity index (χ4v) is 7.59. The molecule has 0 aliphatic heterocycles. The van der Waals surface area contributed by atoms with Gasteiger partial charge in [0.25, 0.3) is 5.91 Å². The van der Waals surface area contributed by atoms with Crippen molar-refractivity contribution in [3.8, 4) is 5.75 Å². The van der Waals surface area contributed by atoms with E-state index in [9.17, 15) is 14.7 Å². The number of rotatable bonds is 7. The first-order valence-electron chi connectivity index (χ1n) is 12.6. The Balaban J connectivity index is 1.53. The van der Waals surface area contributed by atoms with Crippen LogP contribution in [0, 0.1) is 23.2 Å². The summed E-state index contributed by atoms with van der Waals surface area (Å²) < 4.78 is 5.17. The van der Waals surface area contributed by atoms with Crippen LogP contribution in [0.3, 0.4) is 0 Å². The number of benzene rings is 1. The molecule has 7 nitrogen and oxygen atoms in total. The van der Waals surface area contributed by atoms with Crippen molar-refractivity contribution in [3.63, 3.8) is 0 Å². The zero-order valence-electron chi connectivity index (χ0n) is 21.8. The number of hydrogen-bond acceptors (Lipinski definition) is 6.